The lowest BCUT2D eigenvalue weighted by Crippen LogP contribution is -2.52. The summed E-state index contributed by atoms with van der Waals surface area (Å²) in [7, 11) is -2.72. The Morgan fingerprint density at radius 1 is 0.923 bits per heavy atom. The summed E-state index contributed by atoms with van der Waals surface area (Å²) in [6, 6.07) is 21.7. The van der Waals surface area contributed by atoms with Crippen LogP contribution in [0.4, 0.5) is 5.69 Å². The Labute approximate surface area is 231 Å². The number of nitrogens with one attached hydrogen (secondary N) is 1. The summed E-state index contributed by atoms with van der Waals surface area (Å²) in [6.45, 7) is 5.78. The van der Waals surface area contributed by atoms with Crippen LogP contribution in [0.15, 0.2) is 83.8 Å². The molecule has 8 nitrogen and oxygen atoms in total. The summed E-state index contributed by atoms with van der Waals surface area (Å²) in [5, 5.41) is 2.88. The van der Waals surface area contributed by atoms with E-state index in [0.717, 1.165) is 21.9 Å². The van der Waals surface area contributed by atoms with Crippen LogP contribution in [0.2, 0.25) is 0 Å². The van der Waals surface area contributed by atoms with Gasteiger partial charge in [-0.3, -0.25) is 13.9 Å². The summed E-state index contributed by atoms with van der Waals surface area (Å²) < 4.78 is 34.5. The van der Waals surface area contributed by atoms with Gasteiger partial charge in [-0.2, -0.15) is 0 Å². The average Bonchev–Trinajstić information content (AvgIpc) is 2.95. The molecule has 0 aliphatic rings. The third kappa shape index (κ3) is 7.38. The fourth-order valence-electron chi connectivity index (χ4n) is 4.25. The molecule has 39 heavy (non-hydrogen) atoms. The van der Waals surface area contributed by atoms with Gasteiger partial charge in [-0.25, -0.2) is 8.42 Å². The average molecular weight is 552 g/mol. The van der Waals surface area contributed by atoms with Crippen molar-refractivity contribution in [3.63, 3.8) is 0 Å². The van der Waals surface area contributed by atoms with E-state index in [4.69, 9.17) is 4.74 Å². The molecule has 0 radical (unpaired) electrons. The Kier molecular flexibility index (Phi) is 10.5. The first-order chi connectivity index (χ1) is 18.7. The van der Waals surface area contributed by atoms with E-state index in [0.29, 0.717) is 18.7 Å². The smallest absolute Gasteiger partial charge is 0.264 e. The van der Waals surface area contributed by atoms with Crippen LogP contribution in [0.1, 0.15) is 37.8 Å². The van der Waals surface area contributed by atoms with Gasteiger partial charge in [-0.15, -0.1) is 0 Å². The number of methoxy groups -OCH3 is 1. The molecular weight excluding hydrogens is 514 g/mol. The minimum atomic E-state index is -4.17. The highest BCUT2D eigenvalue weighted by molar-refractivity contribution is 7.92. The number of nitrogens with zero attached hydrogens (tertiary/aromatic N) is 2. The molecule has 0 saturated carbocycles. The highest BCUT2D eigenvalue weighted by Crippen LogP contribution is 2.32. The first kappa shape index (κ1) is 29.7. The van der Waals surface area contributed by atoms with E-state index in [2.05, 4.69) is 5.32 Å². The van der Waals surface area contributed by atoms with Crippen LogP contribution in [-0.2, 0) is 26.2 Å². The van der Waals surface area contributed by atoms with Gasteiger partial charge < -0.3 is 15.0 Å². The summed E-state index contributed by atoms with van der Waals surface area (Å²) >= 11 is 0. The predicted octanol–water partition coefficient (Wildman–Crippen LogP) is 4.53. The van der Waals surface area contributed by atoms with E-state index < -0.39 is 28.5 Å². The lowest BCUT2D eigenvalue weighted by Gasteiger charge is -2.33. The molecule has 3 rings (SSSR count). The number of hydrogen-bond acceptors (Lipinski definition) is 5. The number of anilines is 1. The van der Waals surface area contributed by atoms with Gasteiger partial charge in [0.2, 0.25) is 11.8 Å². The number of ether oxygens (including phenoxy) is 1. The van der Waals surface area contributed by atoms with Crippen molar-refractivity contribution in [2.45, 2.75) is 51.1 Å². The zero-order valence-corrected chi connectivity index (χ0v) is 23.8. The van der Waals surface area contributed by atoms with E-state index in [9.17, 15) is 18.0 Å². The third-order valence-electron chi connectivity index (χ3n) is 6.37. The number of carbonyl (C=O) groups excluding carboxylic acids is 2. The van der Waals surface area contributed by atoms with Crippen LogP contribution in [0.3, 0.4) is 0 Å². The molecule has 0 fully saturated rings. The Balaban J connectivity index is 2.07. The van der Waals surface area contributed by atoms with Crippen molar-refractivity contribution >= 4 is 27.5 Å². The van der Waals surface area contributed by atoms with Crippen LogP contribution in [-0.4, -0.2) is 51.4 Å². The van der Waals surface area contributed by atoms with Gasteiger partial charge in [0.1, 0.15) is 18.3 Å². The van der Waals surface area contributed by atoms with Crippen LogP contribution < -0.4 is 14.4 Å². The van der Waals surface area contributed by atoms with E-state index in [1.165, 1.54) is 24.1 Å². The summed E-state index contributed by atoms with van der Waals surface area (Å²) in [6.07, 6.45) is 1.12. The van der Waals surface area contributed by atoms with Crippen LogP contribution >= 0.6 is 0 Å². The second-order valence-corrected chi connectivity index (χ2v) is 11.1. The number of hydrogen-bond donors (Lipinski definition) is 1. The molecule has 1 atom stereocenters. The molecule has 0 heterocycles. The van der Waals surface area contributed by atoms with Gasteiger partial charge in [-0.05, 0) is 49.6 Å². The highest BCUT2D eigenvalue weighted by atomic mass is 32.2. The standard InChI is InChI=1S/C30H37N3O5S/c1-5-20-31-30(35)26(6-2)32(21-24-12-8-7-9-13-24)29(34)22-33(27-14-10-11-15-28(27)38-4)39(36,37)25-18-16-23(3)17-19-25/h7-19,26H,5-6,20-22H2,1-4H3,(H,31,35). The molecule has 9 heteroatoms. The second-order valence-electron chi connectivity index (χ2n) is 9.22. The minimum Gasteiger partial charge on any atom is -0.495 e. The summed E-state index contributed by atoms with van der Waals surface area (Å²) in [5.41, 5.74) is 1.97. The predicted molar refractivity (Wildman–Crippen MR) is 153 cm³/mol. The van der Waals surface area contributed by atoms with Crippen molar-refractivity contribution in [1.82, 2.24) is 10.2 Å². The molecule has 0 aliphatic carbocycles. The largest absolute Gasteiger partial charge is 0.495 e. The first-order valence-corrected chi connectivity index (χ1v) is 14.5. The maximum atomic E-state index is 14.0. The fourth-order valence-corrected chi connectivity index (χ4v) is 5.68. The summed E-state index contributed by atoms with van der Waals surface area (Å²) in [5.74, 6) is -0.462. The molecule has 1 N–H and O–H groups in total. The Morgan fingerprint density at radius 3 is 2.18 bits per heavy atom. The SMILES string of the molecule is CCCNC(=O)C(CC)N(Cc1ccccc1)C(=O)CN(c1ccccc1OC)S(=O)(=O)c1ccc(C)cc1. The maximum absolute atomic E-state index is 14.0. The molecule has 2 amide bonds. The maximum Gasteiger partial charge on any atom is 0.264 e. The third-order valence-corrected chi connectivity index (χ3v) is 8.15. The molecule has 3 aromatic rings. The Morgan fingerprint density at radius 2 is 1.56 bits per heavy atom. The van der Waals surface area contributed by atoms with E-state index in [1.54, 1.807) is 36.4 Å². The zero-order valence-electron chi connectivity index (χ0n) is 23.0. The molecule has 3 aromatic carbocycles. The second kappa shape index (κ2) is 13.8. The number of amides is 2. The topological polar surface area (TPSA) is 96.0 Å². The van der Waals surface area contributed by atoms with Crippen LogP contribution in [0.25, 0.3) is 0 Å². The molecule has 0 bridgehead atoms. The van der Waals surface area contributed by atoms with Gasteiger partial charge in [0.15, 0.2) is 0 Å². The van der Waals surface area contributed by atoms with Crippen molar-refractivity contribution in [2.75, 3.05) is 24.5 Å². The zero-order chi connectivity index (χ0) is 28.4. The van der Waals surface area contributed by atoms with Gasteiger partial charge >= 0.3 is 0 Å². The normalized spacial score (nSPS) is 11.9. The van der Waals surface area contributed by atoms with Crippen molar-refractivity contribution in [1.29, 1.82) is 0 Å². The number of rotatable bonds is 13. The minimum absolute atomic E-state index is 0.0501. The lowest BCUT2D eigenvalue weighted by molar-refractivity contribution is -0.140. The van der Waals surface area contributed by atoms with Gasteiger partial charge in [0, 0.05) is 13.1 Å². The van der Waals surface area contributed by atoms with Crippen molar-refractivity contribution < 1.29 is 22.7 Å². The van der Waals surface area contributed by atoms with E-state index in [1.807, 2.05) is 51.1 Å². The van der Waals surface area contributed by atoms with Gasteiger partial charge in [0.25, 0.3) is 10.0 Å². The fraction of sp³-hybridized carbons (Fsp3) is 0.333. The number of para-hydroxylation sites is 2. The number of carbonyl (C=O) groups is 2. The van der Waals surface area contributed by atoms with E-state index in [-0.39, 0.29) is 23.0 Å². The van der Waals surface area contributed by atoms with Crippen LogP contribution in [0, 0.1) is 6.92 Å². The van der Waals surface area contributed by atoms with Crippen molar-refractivity contribution in [2.24, 2.45) is 0 Å². The first-order valence-electron chi connectivity index (χ1n) is 13.1. The van der Waals surface area contributed by atoms with Crippen LogP contribution in [0.5, 0.6) is 5.75 Å². The lowest BCUT2D eigenvalue weighted by atomic mass is 10.1. The number of aryl methyl sites for hydroxylation is 1. The number of benzene rings is 3. The quantitative estimate of drug-likeness (QED) is 0.337. The molecule has 208 valence electrons. The van der Waals surface area contributed by atoms with Crippen molar-refractivity contribution in [3.8, 4) is 5.75 Å². The molecule has 1 unspecified atom stereocenters. The Hall–Kier alpha value is -3.85. The highest BCUT2D eigenvalue weighted by Gasteiger charge is 2.34. The van der Waals surface area contributed by atoms with Crippen molar-refractivity contribution in [3.05, 3.63) is 90.0 Å². The van der Waals surface area contributed by atoms with E-state index >= 15 is 0 Å². The summed E-state index contributed by atoms with van der Waals surface area (Å²) in [4.78, 5) is 28.7. The Bertz CT molecular complexity index is 1340. The molecule has 0 aliphatic heterocycles. The molecule has 0 spiro atoms. The molecular formula is C30H37N3O5S. The monoisotopic (exact) mass is 551 g/mol. The molecule has 0 aromatic heterocycles. The van der Waals surface area contributed by atoms with Gasteiger partial charge in [0.05, 0.1) is 17.7 Å². The number of sulfonamides is 1. The molecule has 0 saturated heterocycles. The van der Waals surface area contributed by atoms with Gasteiger partial charge in [-0.1, -0.05) is 74.0 Å².